The third kappa shape index (κ3) is 0.971. The first-order valence-corrected chi connectivity index (χ1v) is 5.58. The molecule has 2 saturated carbocycles. The first-order valence-electron chi connectivity index (χ1n) is 5.58. The minimum atomic E-state index is 0.517. The highest BCUT2D eigenvalue weighted by Crippen LogP contribution is 2.65. The van der Waals surface area contributed by atoms with Crippen LogP contribution in [0.4, 0.5) is 0 Å². The number of fused-ring (bicyclic) bond motifs is 2. The highest BCUT2D eigenvalue weighted by molar-refractivity contribution is 5.11. The maximum atomic E-state index is 3.49. The lowest BCUT2D eigenvalue weighted by molar-refractivity contribution is 0.0217. The second kappa shape index (κ2) is 2.50. The Bertz CT molecular complexity index is 217. The van der Waals surface area contributed by atoms with Crippen LogP contribution in [-0.4, -0.2) is 13.1 Å². The van der Waals surface area contributed by atoms with Crippen LogP contribution in [0.15, 0.2) is 0 Å². The summed E-state index contributed by atoms with van der Waals surface area (Å²) in [5.74, 6) is 1.85. The lowest BCUT2D eigenvalue weighted by Gasteiger charge is -2.48. The largest absolute Gasteiger partial charge is 0.317 e. The molecule has 2 aliphatic rings. The fraction of sp³-hybridized carbons (Fsp3) is 1.00. The standard InChI is InChI=1S/C12H23N/c1-11(2)8-6-9(12(11,3)4)10(7-8)13-5/h8-10,13H,6-7H2,1-5H3. The Kier molecular flexibility index (Phi) is 1.83. The average molecular weight is 181 g/mol. The summed E-state index contributed by atoms with van der Waals surface area (Å²) in [5, 5.41) is 3.49. The van der Waals surface area contributed by atoms with Crippen molar-refractivity contribution in [2.75, 3.05) is 7.05 Å². The molecule has 0 saturated heterocycles. The zero-order valence-corrected chi connectivity index (χ0v) is 9.65. The van der Waals surface area contributed by atoms with Gasteiger partial charge in [0, 0.05) is 6.04 Å². The van der Waals surface area contributed by atoms with E-state index in [9.17, 15) is 0 Å². The molecule has 2 bridgehead atoms. The molecule has 76 valence electrons. The molecule has 0 spiro atoms. The van der Waals surface area contributed by atoms with Gasteiger partial charge in [0.2, 0.25) is 0 Å². The maximum Gasteiger partial charge on any atom is 0.0101 e. The van der Waals surface area contributed by atoms with E-state index in [1.54, 1.807) is 0 Å². The Morgan fingerprint density at radius 1 is 1.00 bits per heavy atom. The van der Waals surface area contributed by atoms with Crippen LogP contribution in [0.5, 0.6) is 0 Å². The Hall–Kier alpha value is -0.0400. The van der Waals surface area contributed by atoms with Crippen molar-refractivity contribution in [2.24, 2.45) is 22.7 Å². The van der Waals surface area contributed by atoms with Crippen LogP contribution in [0.3, 0.4) is 0 Å². The SMILES string of the molecule is CNC1CC2CC1C(C)(C)C2(C)C. The lowest BCUT2D eigenvalue weighted by Crippen LogP contribution is -2.47. The number of hydrogen-bond acceptors (Lipinski definition) is 1. The normalized spacial score (nSPS) is 45.5. The molecular formula is C12H23N. The molecule has 2 rings (SSSR count). The number of rotatable bonds is 1. The fourth-order valence-corrected chi connectivity index (χ4v) is 3.75. The van der Waals surface area contributed by atoms with Gasteiger partial charge in [0.05, 0.1) is 0 Å². The van der Waals surface area contributed by atoms with Gasteiger partial charge in [-0.2, -0.15) is 0 Å². The van der Waals surface area contributed by atoms with Crippen LogP contribution in [0.1, 0.15) is 40.5 Å². The minimum absolute atomic E-state index is 0.517. The molecule has 1 nitrogen and oxygen atoms in total. The van der Waals surface area contributed by atoms with Gasteiger partial charge in [0.25, 0.3) is 0 Å². The van der Waals surface area contributed by atoms with Crippen LogP contribution >= 0.6 is 0 Å². The van der Waals surface area contributed by atoms with E-state index in [0.717, 1.165) is 17.9 Å². The van der Waals surface area contributed by atoms with Crippen molar-refractivity contribution in [3.63, 3.8) is 0 Å². The monoisotopic (exact) mass is 181 g/mol. The van der Waals surface area contributed by atoms with Gasteiger partial charge in [-0.1, -0.05) is 27.7 Å². The third-order valence-corrected chi connectivity index (χ3v) is 5.54. The second-order valence-corrected chi connectivity index (χ2v) is 6.11. The third-order valence-electron chi connectivity index (χ3n) is 5.54. The fourth-order valence-electron chi connectivity index (χ4n) is 3.75. The molecule has 0 aromatic heterocycles. The molecule has 3 unspecified atom stereocenters. The first-order chi connectivity index (χ1) is 5.91. The summed E-state index contributed by atoms with van der Waals surface area (Å²) >= 11 is 0. The van der Waals surface area contributed by atoms with E-state index < -0.39 is 0 Å². The minimum Gasteiger partial charge on any atom is -0.317 e. The van der Waals surface area contributed by atoms with Gasteiger partial charge >= 0.3 is 0 Å². The van der Waals surface area contributed by atoms with Crippen molar-refractivity contribution in [1.82, 2.24) is 5.32 Å². The molecule has 0 radical (unpaired) electrons. The van der Waals surface area contributed by atoms with Crippen molar-refractivity contribution in [3.05, 3.63) is 0 Å². The molecule has 0 amide bonds. The summed E-state index contributed by atoms with van der Waals surface area (Å²) < 4.78 is 0. The van der Waals surface area contributed by atoms with Crippen LogP contribution in [0, 0.1) is 22.7 Å². The van der Waals surface area contributed by atoms with Gasteiger partial charge in [0.1, 0.15) is 0 Å². The van der Waals surface area contributed by atoms with Gasteiger partial charge in [-0.15, -0.1) is 0 Å². The van der Waals surface area contributed by atoms with Gasteiger partial charge in [-0.25, -0.2) is 0 Å². The topological polar surface area (TPSA) is 12.0 Å². The van der Waals surface area contributed by atoms with E-state index in [4.69, 9.17) is 0 Å². The molecule has 3 atom stereocenters. The van der Waals surface area contributed by atoms with E-state index >= 15 is 0 Å². The summed E-state index contributed by atoms with van der Waals surface area (Å²) in [6, 6.07) is 0.785. The highest BCUT2D eigenvalue weighted by Gasteiger charge is 2.60. The zero-order valence-electron chi connectivity index (χ0n) is 9.65. The lowest BCUT2D eigenvalue weighted by atomic mass is 9.58. The smallest absolute Gasteiger partial charge is 0.0101 e. The van der Waals surface area contributed by atoms with Crippen LogP contribution in [-0.2, 0) is 0 Å². The van der Waals surface area contributed by atoms with Crippen LogP contribution in [0.2, 0.25) is 0 Å². The quantitative estimate of drug-likeness (QED) is 0.656. The summed E-state index contributed by atoms with van der Waals surface area (Å²) in [6.07, 6.45) is 2.85. The Balaban J connectivity index is 2.29. The van der Waals surface area contributed by atoms with Crippen LogP contribution in [0.25, 0.3) is 0 Å². The Morgan fingerprint density at radius 3 is 2.00 bits per heavy atom. The summed E-state index contributed by atoms with van der Waals surface area (Å²) in [7, 11) is 2.12. The summed E-state index contributed by atoms with van der Waals surface area (Å²) in [6.45, 7) is 9.84. The van der Waals surface area contributed by atoms with Gasteiger partial charge in [0.15, 0.2) is 0 Å². The van der Waals surface area contributed by atoms with Gasteiger partial charge in [-0.3, -0.25) is 0 Å². The predicted molar refractivity (Wildman–Crippen MR) is 56.6 cm³/mol. The highest BCUT2D eigenvalue weighted by atomic mass is 14.9. The molecule has 0 aromatic carbocycles. The molecule has 0 aliphatic heterocycles. The first kappa shape index (κ1) is 9.51. The van der Waals surface area contributed by atoms with Crippen molar-refractivity contribution >= 4 is 0 Å². The molecular weight excluding hydrogens is 158 g/mol. The number of nitrogens with one attached hydrogen (secondary N) is 1. The zero-order chi connectivity index (χ0) is 9.85. The van der Waals surface area contributed by atoms with E-state index in [0.29, 0.717) is 10.8 Å². The molecule has 0 heterocycles. The van der Waals surface area contributed by atoms with E-state index in [2.05, 4.69) is 40.1 Å². The molecule has 1 N–H and O–H groups in total. The molecule has 13 heavy (non-hydrogen) atoms. The van der Waals surface area contributed by atoms with Crippen molar-refractivity contribution in [1.29, 1.82) is 0 Å². The van der Waals surface area contributed by atoms with Crippen molar-refractivity contribution in [2.45, 2.75) is 46.6 Å². The molecule has 2 fully saturated rings. The summed E-state index contributed by atoms with van der Waals surface area (Å²) in [4.78, 5) is 0. The number of hydrogen-bond donors (Lipinski definition) is 1. The van der Waals surface area contributed by atoms with E-state index in [-0.39, 0.29) is 0 Å². The Labute approximate surface area is 82.3 Å². The predicted octanol–water partition coefficient (Wildman–Crippen LogP) is 2.67. The van der Waals surface area contributed by atoms with Gasteiger partial charge in [-0.05, 0) is 42.6 Å². The Morgan fingerprint density at radius 2 is 1.62 bits per heavy atom. The van der Waals surface area contributed by atoms with Crippen molar-refractivity contribution < 1.29 is 0 Å². The average Bonchev–Trinajstić information content (AvgIpc) is 2.52. The molecule has 1 heteroatoms. The summed E-state index contributed by atoms with van der Waals surface area (Å²) in [5.41, 5.74) is 1.06. The molecule has 2 aliphatic carbocycles. The van der Waals surface area contributed by atoms with E-state index in [1.807, 2.05) is 0 Å². The van der Waals surface area contributed by atoms with Crippen LogP contribution < -0.4 is 5.32 Å². The van der Waals surface area contributed by atoms with E-state index in [1.165, 1.54) is 12.8 Å². The maximum absolute atomic E-state index is 3.49. The second-order valence-electron chi connectivity index (χ2n) is 6.11. The van der Waals surface area contributed by atoms with Crippen molar-refractivity contribution in [3.8, 4) is 0 Å². The molecule has 0 aromatic rings. The van der Waals surface area contributed by atoms with Gasteiger partial charge < -0.3 is 5.32 Å².